The molecule has 0 saturated carbocycles. The van der Waals surface area contributed by atoms with Gasteiger partial charge in [-0.2, -0.15) is 5.10 Å². The highest BCUT2D eigenvalue weighted by molar-refractivity contribution is 5.81. The minimum Gasteiger partial charge on any atom is -0.340 e. The molecule has 7 heteroatoms. The van der Waals surface area contributed by atoms with Crippen LogP contribution in [0, 0.1) is 13.8 Å². The number of nitrogens with one attached hydrogen (secondary N) is 1. The van der Waals surface area contributed by atoms with E-state index < -0.39 is 0 Å². The van der Waals surface area contributed by atoms with Crippen molar-refractivity contribution in [1.29, 1.82) is 0 Å². The van der Waals surface area contributed by atoms with Gasteiger partial charge in [0, 0.05) is 50.5 Å². The minimum absolute atomic E-state index is 0.140. The van der Waals surface area contributed by atoms with Crippen LogP contribution in [0.5, 0.6) is 0 Å². The molecule has 0 aromatic carbocycles. The molecule has 1 atom stereocenters. The molecule has 1 unspecified atom stereocenters. The average Bonchev–Trinajstić information content (AvgIpc) is 2.81. The summed E-state index contributed by atoms with van der Waals surface area (Å²) in [6.07, 6.45) is 2.34. The SMILES string of the molecule is Cc1nn(C)c(C)c1CC(=O)N1CCCC(N2CCNCC2=O)C1. The molecule has 2 amide bonds. The summed E-state index contributed by atoms with van der Waals surface area (Å²) in [5, 5.41) is 7.50. The van der Waals surface area contributed by atoms with Crippen LogP contribution in [-0.4, -0.2) is 70.2 Å². The summed E-state index contributed by atoms with van der Waals surface area (Å²) in [7, 11) is 1.91. The smallest absolute Gasteiger partial charge is 0.236 e. The molecule has 2 fully saturated rings. The van der Waals surface area contributed by atoms with Crippen LogP contribution in [-0.2, 0) is 23.1 Å². The van der Waals surface area contributed by atoms with Crippen molar-refractivity contribution < 1.29 is 9.59 Å². The Kier molecular flexibility index (Phi) is 4.89. The van der Waals surface area contributed by atoms with Gasteiger partial charge in [-0.05, 0) is 26.7 Å². The minimum atomic E-state index is 0.140. The van der Waals surface area contributed by atoms with E-state index in [1.54, 1.807) is 0 Å². The number of carbonyl (C=O) groups excluding carboxylic acids is 2. The molecule has 3 heterocycles. The van der Waals surface area contributed by atoms with Crippen molar-refractivity contribution >= 4 is 11.8 Å². The van der Waals surface area contributed by atoms with Gasteiger partial charge in [0.25, 0.3) is 0 Å². The molecule has 1 N–H and O–H groups in total. The van der Waals surface area contributed by atoms with Crippen molar-refractivity contribution in [1.82, 2.24) is 24.9 Å². The van der Waals surface area contributed by atoms with Crippen LogP contribution in [0.25, 0.3) is 0 Å². The lowest BCUT2D eigenvalue weighted by atomic mass is 10.0. The van der Waals surface area contributed by atoms with Crippen molar-refractivity contribution in [2.75, 3.05) is 32.7 Å². The molecule has 7 nitrogen and oxygen atoms in total. The molecular weight excluding hydrogens is 306 g/mol. The highest BCUT2D eigenvalue weighted by Crippen LogP contribution is 2.19. The Morgan fingerprint density at radius 3 is 2.79 bits per heavy atom. The number of aryl methyl sites for hydroxylation is 2. The van der Waals surface area contributed by atoms with Gasteiger partial charge in [0.15, 0.2) is 0 Å². The monoisotopic (exact) mass is 333 g/mol. The molecule has 0 spiro atoms. The Hall–Kier alpha value is -1.89. The van der Waals surface area contributed by atoms with Crippen LogP contribution >= 0.6 is 0 Å². The molecule has 2 aliphatic rings. The third-order valence-electron chi connectivity index (χ3n) is 5.30. The zero-order chi connectivity index (χ0) is 17.3. The predicted octanol–water partition coefficient (Wildman–Crippen LogP) is 0.00224. The van der Waals surface area contributed by atoms with Gasteiger partial charge in [0.05, 0.1) is 18.7 Å². The van der Waals surface area contributed by atoms with E-state index in [2.05, 4.69) is 10.4 Å². The fraction of sp³-hybridized carbons (Fsp3) is 0.706. The summed E-state index contributed by atoms with van der Waals surface area (Å²) < 4.78 is 1.83. The number of hydrogen-bond donors (Lipinski definition) is 1. The van der Waals surface area contributed by atoms with Gasteiger partial charge < -0.3 is 15.1 Å². The number of piperazine rings is 1. The van der Waals surface area contributed by atoms with Crippen LogP contribution in [0.1, 0.15) is 29.8 Å². The summed E-state index contributed by atoms with van der Waals surface area (Å²) in [4.78, 5) is 28.7. The van der Waals surface area contributed by atoms with E-state index in [1.165, 1.54) is 0 Å². The number of amides is 2. The number of aromatic nitrogens is 2. The molecule has 1 aromatic heterocycles. The van der Waals surface area contributed by atoms with Crippen molar-refractivity contribution in [3.8, 4) is 0 Å². The maximum atomic E-state index is 12.8. The van der Waals surface area contributed by atoms with E-state index in [-0.39, 0.29) is 17.9 Å². The van der Waals surface area contributed by atoms with E-state index in [1.807, 2.05) is 35.4 Å². The summed E-state index contributed by atoms with van der Waals surface area (Å²) in [5.74, 6) is 0.293. The number of carbonyl (C=O) groups is 2. The van der Waals surface area contributed by atoms with E-state index >= 15 is 0 Å². The number of piperidine rings is 1. The lowest BCUT2D eigenvalue weighted by Gasteiger charge is -2.41. The molecule has 132 valence electrons. The fourth-order valence-corrected chi connectivity index (χ4v) is 3.78. The summed E-state index contributed by atoms with van der Waals surface area (Å²) in [5.41, 5.74) is 3.00. The zero-order valence-electron chi connectivity index (χ0n) is 14.8. The fourth-order valence-electron chi connectivity index (χ4n) is 3.78. The molecule has 0 radical (unpaired) electrons. The molecule has 3 rings (SSSR count). The van der Waals surface area contributed by atoms with Crippen molar-refractivity contribution in [2.45, 2.75) is 39.2 Å². The van der Waals surface area contributed by atoms with Gasteiger partial charge in [-0.25, -0.2) is 0 Å². The molecule has 24 heavy (non-hydrogen) atoms. The second kappa shape index (κ2) is 6.93. The van der Waals surface area contributed by atoms with Crippen molar-refractivity contribution in [3.05, 3.63) is 17.0 Å². The van der Waals surface area contributed by atoms with E-state index in [4.69, 9.17) is 0 Å². The number of nitrogens with zero attached hydrogens (tertiary/aromatic N) is 4. The third kappa shape index (κ3) is 3.31. The van der Waals surface area contributed by atoms with Gasteiger partial charge in [-0.3, -0.25) is 14.3 Å². The highest BCUT2D eigenvalue weighted by atomic mass is 16.2. The first-order valence-corrected chi connectivity index (χ1v) is 8.74. The molecule has 0 bridgehead atoms. The quantitative estimate of drug-likeness (QED) is 0.845. The van der Waals surface area contributed by atoms with Crippen LogP contribution in [0.2, 0.25) is 0 Å². The molecule has 2 aliphatic heterocycles. The predicted molar refractivity (Wildman–Crippen MR) is 90.6 cm³/mol. The maximum Gasteiger partial charge on any atom is 0.236 e. The largest absolute Gasteiger partial charge is 0.340 e. The first kappa shape index (κ1) is 17.0. The average molecular weight is 333 g/mol. The number of rotatable bonds is 3. The Labute approximate surface area is 143 Å². The van der Waals surface area contributed by atoms with Crippen LogP contribution < -0.4 is 5.32 Å². The molecule has 2 saturated heterocycles. The summed E-state index contributed by atoms with van der Waals surface area (Å²) in [6, 6.07) is 0.161. The van der Waals surface area contributed by atoms with Crippen LogP contribution in [0.15, 0.2) is 0 Å². The Morgan fingerprint density at radius 2 is 2.12 bits per heavy atom. The lowest BCUT2D eigenvalue weighted by Crippen LogP contribution is -2.57. The highest BCUT2D eigenvalue weighted by Gasteiger charge is 2.31. The molecule has 1 aromatic rings. The van der Waals surface area contributed by atoms with Crippen LogP contribution in [0.4, 0.5) is 0 Å². The normalized spacial score (nSPS) is 22.1. The Balaban J connectivity index is 1.65. The topological polar surface area (TPSA) is 70.5 Å². The van der Waals surface area contributed by atoms with Gasteiger partial charge in [0.1, 0.15) is 0 Å². The number of likely N-dealkylation sites (tertiary alicyclic amines) is 1. The van der Waals surface area contributed by atoms with Gasteiger partial charge >= 0.3 is 0 Å². The molecule has 0 aliphatic carbocycles. The summed E-state index contributed by atoms with van der Waals surface area (Å²) >= 11 is 0. The zero-order valence-corrected chi connectivity index (χ0v) is 14.8. The van der Waals surface area contributed by atoms with Crippen molar-refractivity contribution in [2.24, 2.45) is 7.05 Å². The maximum absolute atomic E-state index is 12.8. The number of hydrogen-bond acceptors (Lipinski definition) is 4. The van der Waals surface area contributed by atoms with Gasteiger partial charge in [-0.1, -0.05) is 0 Å². The lowest BCUT2D eigenvalue weighted by molar-refractivity contribution is -0.140. The van der Waals surface area contributed by atoms with E-state index in [0.29, 0.717) is 19.5 Å². The van der Waals surface area contributed by atoms with Gasteiger partial charge in [-0.15, -0.1) is 0 Å². The standard InChI is InChI=1S/C17H27N5O2/c1-12-15(13(2)20(3)19-12)9-16(23)21-7-4-5-14(11-21)22-8-6-18-10-17(22)24/h14,18H,4-11H2,1-3H3. The second-order valence-electron chi connectivity index (χ2n) is 6.85. The Bertz CT molecular complexity index is 639. The van der Waals surface area contributed by atoms with E-state index in [0.717, 1.165) is 49.4 Å². The van der Waals surface area contributed by atoms with E-state index in [9.17, 15) is 9.59 Å². The third-order valence-corrected chi connectivity index (χ3v) is 5.30. The second-order valence-corrected chi connectivity index (χ2v) is 6.85. The van der Waals surface area contributed by atoms with Crippen molar-refractivity contribution in [3.63, 3.8) is 0 Å². The first-order chi connectivity index (χ1) is 11.5. The summed E-state index contributed by atoms with van der Waals surface area (Å²) in [6.45, 7) is 7.39. The molecular formula is C17H27N5O2. The first-order valence-electron chi connectivity index (χ1n) is 8.74. The van der Waals surface area contributed by atoms with Crippen LogP contribution in [0.3, 0.4) is 0 Å². The van der Waals surface area contributed by atoms with Gasteiger partial charge in [0.2, 0.25) is 11.8 Å². The Morgan fingerprint density at radius 1 is 1.33 bits per heavy atom.